The van der Waals surface area contributed by atoms with Gasteiger partial charge >= 0.3 is 5.97 Å². The smallest absolute Gasteiger partial charge is 0.306 e. The largest absolute Gasteiger partial charge is 0.481 e. The first-order valence-corrected chi connectivity index (χ1v) is 12.6. The Hall–Kier alpha value is -0.610. The van der Waals surface area contributed by atoms with Crippen molar-refractivity contribution in [3.8, 4) is 0 Å². The van der Waals surface area contributed by atoms with Gasteiger partial charge < -0.3 is 15.3 Å². The summed E-state index contributed by atoms with van der Waals surface area (Å²) in [6.45, 7) is 11.3. The normalized spacial score (nSPS) is 52.6. The van der Waals surface area contributed by atoms with Crippen LogP contribution >= 0.6 is 0 Å². The van der Waals surface area contributed by atoms with Crippen LogP contribution in [0.3, 0.4) is 0 Å². The summed E-state index contributed by atoms with van der Waals surface area (Å²) in [4.78, 5) is 11.4. The van der Waals surface area contributed by atoms with Crippen LogP contribution in [0.4, 0.5) is 0 Å². The lowest BCUT2D eigenvalue weighted by atomic mass is 9.42. The average molecular weight is 421 g/mol. The molecular formula is C26H44O4. The van der Waals surface area contributed by atoms with E-state index in [0.29, 0.717) is 35.5 Å². The van der Waals surface area contributed by atoms with Crippen LogP contribution in [-0.2, 0) is 4.79 Å². The number of carboxylic acid groups (broad SMARTS) is 1. The van der Waals surface area contributed by atoms with Gasteiger partial charge in [-0.2, -0.15) is 0 Å². The molecule has 4 nitrogen and oxygen atoms in total. The maximum atomic E-state index is 11.6. The number of aliphatic hydroxyl groups excluding tert-OH is 2. The molecule has 0 aromatic carbocycles. The number of carboxylic acids is 1. The highest BCUT2D eigenvalue weighted by Crippen LogP contribution is 2.69. The van der Waals surface area contributed by atoms with E-state index in [1.54, 1.807) is 0 Å². The lowest BCUT2D eigenvalue weighted by molar-refractivity contribution is -0.199. The molecule has 0 aromatic rings. The van der Waals surface area contributed by atoms with Crippen molar-refractivity contribution in [1.29, 1.82) is 0 Å². The van der Waals surface area contributed by atoms with Gasteiger partial charge in [-0.15, -0.1) is 0 Å². The Morgan fingerprint density at radius 3 is 2.27 bits per heavy atom. The van der Waals surface area contributed by atoms with E-state index in [4.69, 9.17) is 0 Å². The Labute approximate surface area is 182 Å². The third-order valence-electron chi connectivity index (χ3n) is 11.0. The van der Waals surface area contributed by atoms with Crippen LogP contribution in [0.2, 0.25) is 0 Å². The summed E-state index contributed by atoms with van der Waals surface area (Å²) in [5.74, 6) is 2.15. The summed E-state index contributed by atoms with van der Waals surface area (Å²) in [6.07, 6.45) is 7.90. The molecule has 0 radical (unpaired) electrons. The lowest BCUT2D eigenvalue weighted by Gasteiger charge is -2.64. The minimum absolute atomic E-state index is 0.198. The van der Waals surface area contributed by atoms with Gasteiger partial charge in [0.1, 0.15) is 0 Å². The van der Waals surface area contributed by atoms with Gasteiger partial charge in [-0.3, -0.25) is 4.79 Å². The van der Waals surface area contributed by atoms with E-state index in [1.165, 1.54) is 25.7 Å². The molecular weight excluding hydrogens is 376 g/mol. The molecule has 172 valence electrons. The van der Waals surface area contributed by atoms with Gasteiger partial charge in [0, 0.05) is 0 Å². The number of aliphatic hydroxyl groups is 2. The van der Waals surface area contributed by atoms with E-state index in [2.05, 4.69) is 27.7 Å². The molecule has 0 bridgehead atoms. The number of rotatable bonds is 4. The number of hydrogen-bond donors (Lipinski definition) is 3. The topological polar surface area (TPSA) is 77.8 Å². The zero-order valence-corrected chi connectivity index (χ0v) is 19.7. The monoisotopic (exact) mass is 420 g/mol. The van der Waals surface area contributed by atoms with Crippen molar-refractivity contribution in [3.05, 3.63) is 0 Å². The second-order valence-electron chi connectivity index (χ2n) is 12.4. The summed E-state index contributed by atoms with van der Waals surface area (Å²) in [5.41, 5.74) is 0.461. The van der Waals surface area contributed by atoms with Crippen LogP contribution in [0.5, 0.6) is 0 Å². The molecule has 4 heteroatoms. The number of fused-ring (bicyclic) bond motifs is 5. The summed E-state index contributed by atoms with van der Waals surface area (Å²) in [5, 5.41) is 31.3. The zero-order chi connectivity index (χ0) is 22.0. The first kappa shape index (κ1) is 22.6. The quantitative estimate of drug-likeness (QED) is 0.600. The SMILES string of the molecule is C[C@H]1[C@@H](O)[C@@H]2[C@H](CC[C@]3(C)[C@@H]([C@H](C)C[C@H](C)C(=O)O)CC[C@@H]23)[C@@]2(C)CC[C@@H](O)C[C@@H]12. The predicted octanol–water partition coefficient (Wildman–Crippen LogP) is 4.97. The highest BCUT2D eigenvalue weighted by atomic mass is 16.4. The molecule has 12 atom stereocenters. The molecule has 4 aliphatic carbocycles. The van der Waals surface area contributed by atoms with Crippen molar-refractivity contribution in [2.75, 3.05) is 0 Å². The minimum Gasteiger partial charge on any atom is -0.481 e. The molecule has 0 aliphatic heterocycles. The van der Waals surface area contributed by atoms with Gasteiger partial charge in [-0.25, -0.2) is 0 Å². The van der Waals surface area contributed by atoms with E-state index in [1.807, 2.05) is 6.92 Å². The molecule has 4 saturated carbocycles. The Balaban J connectivity index is 1.59. The van der Waals surface area contributed by atoms with Crippen LogP contribution in [0.1, 0.15) is 86.0 Å². The summed E-state index contributed by atoms with van der Waals surface area (Å²) < 4.78 is 0. The average Bonchev–Trinajstić information content (AvgIpc) is 3.04. The van der Waals surface area contributed by atoms with Gasteiger partial charge in [0.15, 0.2) is 0 Å². The summed E-state index contributed by atoms with van der Waals surface area (Å²) in [7, 11) is 0. The van der Waals surface area contributed by atoms with Gasteiger partial charge in [-0.05, 0) is 104 Å². The molecule has 0 aromatic heterocycles. The van der Waals surface area contributed by atoms with E-state index < -0.39 is 5.97 Å². The fourth-order valence-corrected chi connectivity index (χ4v) is 9.45. The highest BCUT2D eigenvalue weighted by Gasteiger charge is 2.64. The highest BCUT2D eigenvalue weighted by molar-refractivity contribution is 5.69. The first-order valence-electron chi connectivity index (χ1n) is 12.6. The van der Waals surface area contributed by atoms with Gasteiger partial charge in [-0.1, -0.05) is 34.6 Å². The molecule has 0 saturated heterocycles. The number of hydrogen-bond acceptors (Lipinski definition) is 3. The molecule has 3 N–H and O–H groups in total. The minimum atomic E-state index is -0.680. The molecule has 4 rings (SSSR count). The fourth-order valence-electron chi connectivity index (χ4n) is 9.45. The van der Waals surface area contributed by atoms with Crippen molar-refractivity contribution in [3.63, 3.8) is 0 Å². The van der Waals surface area contributed by atoms with Crippen molar-refractivity contribution < 1.29 is 20.1 Å². The van der Waals surface area contributed by atoms with E-state index in [9.17, 15) is 20.1 Å². The fraction of sp³-hybridized carbons (Fsp3) is 0.962. The third-order valence-corrected chi connectivity index (χ3v) is 11.0. The van der Waals surface area contributed by atoms with Crippen LogP contribution in [-0.4, -0.2) is 33.5 Å². The molecule has 0 amide bonds. The number of carbonyl (C=O) groups is 1. The van der Waals surface area contributed by atoms with Crippen LogP contribution in [0.15, 0.2) is 0 Å². The molecule has 4 aliphatic rings. The van der Waals surface area contributed by atoms with Crippen molar-refractivity contribution in [1.82, 2.24) is 0 Å². The van der Waals surface area contributed by atoms with Crippen molar-refractivity contribution in [2.24, 2.45) is 58.2 Å². The predicted molar refractivity (Wildman–Crippen MR) is 118 cm³/mol. The van der Waals surface area contributed by atoms with E-state index in [-0.39, 0.29) is 34.9 Å². The second-order valence-corrected chi connectivity index (χ2v) is 12.4. The van der Waals surface area contributed by atoms with Crippen LogP contribution < -0.4 is 0 Å². The van der Waals surface area contributed by atoms with Gasteiger partial charge in [0.25, 0.3) is 0 Å². The molecule has 0 spiro atoms. The van der Waals surface area contributed by atoms with Crippen molar-refractivity contribution >= 4 is 5.97 Å². The van der Waals surface area contributed by atoms with Crippen LogP contribution in [0, 0.1) is 58.2 Å². The van der Waals surface area contributed by atoms with Gasteiger partial charge in [0.05, 0.1) is 18.1 Å². The molecule has 0 unspecified atom stereocenters. The first-order chi connectivity index (χ1) is 14.0. The van der Waals surface area contributed by atoms with E-state index in [0.717, 1.165) is 25.7 Å². The Bertz CT molecular complexity index is 663. The Kier molecular flexibility index (Phi) is 5.84. The van der Waals surface area contributed by atoms with Crippen LogP contribution in [0.25, 0.3) is 0 Å². The molecule has 4 fully saturated rings. The summed E-state index contributed by atoms with van der Waals surface area (Å²) in [6, 6.07) is 0. The maximum Gasteiger partial charge on any atom is 0.306 e. The summed E-state index contributed by atoms with van der Waals surface area (Å²) >= 11 is 0. The maximum absolute atomic E-state index is 11.6. The zero-order valence-electron chi connectivity index (χ0n) is 19.7. The van der Waals surface area contributed by atoms with Crippen molar-refractivity contribution in [2.45, 2.75) is 98.2 Å². The lowest BCUT2D eigenvalue weighted by Crippen LogP contribution is -2.61. The van der Waals surface area contributed by atoms with E-state index >= 15 is 0 Å². The second kappa shape index (κ2) is 7.76. The van der Waals surface area contributed by atoms with Gasteiger partial charge in [0.2, 0.25) is 0 Å². The molecule has 30 heavy (non-hydrogen) atoms. The standard InChI is InChI=1S/C26H44O4/c1-14(12-15(2)24(29)30)18-6-7-19-22-20(9-11-25(18,19)4)26(5)10-8-17(27)13-21(26)16(3)23(22)28/h14-23,27-28H,6-13H2,1-5H3,(H,29,30)/t14-,15+,16-,17-,18-,19+,20+,21+,22+,23-,25-,26-/m1/s1. The third kappa shape index (κ3) is 3.27. The molecule has 0 heterocycles. The number of aliphatic carboxylic acids is 1. The Morgan fingerprint density at radius 1 is 0.967 bits per heavy atom. The Morgan fingerprint density at radius 2 is 1.60 bits per heavy atom.